The summed E-state index contributed by atoms with van der Waals surface area (Å²) in [6.45, 7) is 1.54. The lowest BCUT2D eigenvalue weighted by Crippen LogP contribution is -2.57. The third-order valence-corrected chi connectivity index (χ3v) is 2.88. The Morgan fingerprint density at radius 3 is 2.44 bits per heavy atom. The molecule has 3 fully saturated rings. The Hall–Kier alpha value is -1.76. The first kappa shape index (κ1) is 9.46. The van der Waals surface area contributed by atoms with Crippen molar-refractivity contribution in [1.29, 1.82) is 0 Å². The van der Waals surface area contributed by atoms with Crippen molar-refractivity contribution in [2.45, 2.75) is 18.6 Å². The van der Waals surface area contributed by atoms with Crippen LogP contribution >= 0.6 is 0 Å². The Morgan fingerprint density at radius 2 is 1.94 bits per heavy atom. The van der Waals surface area contributed by atoms with Gasteiger partial charge in [-0.1, -0.05) is 0 Å². The molecule has 16 heavy (non-hydrogen) atoms. The number of rotatable bonds is 2. The fraction of sp³-hybridized carbons (Fsp3) is 0.556. The Bertz CT molecular complexity index is 405. The van der Waals surface area contributed by atoms with Crippen molar-refractivity contribution >= 4 is 11.6 Å². The molecule has 0 spiro atoms. The Labute approximate surface area is 91.2 Å². The first-order valence-electron chi connectivity index (χ1n) is 5.09. The van der Waals surface area contributed by atoms with Crippen molar-refractivity contribution in [3.05, 3.63) is 22.5 Å². The van der Waals surface area contributed by atoms with Crippen LogP contribution in [0.4, 0.5) is 11.6 Å². The van der Waals surface area contributed by atoms with Crippen LogP contribution < -0.4 is 4.90 Å². The molecule has 0 aliphatic carbocycles. The van der Waals surface area contributed by atoms with Gasteiger partial charge in [0.2, 0.25) is 5.95 Å². The van der Waals surface area contributed by atoms with Crippen molar-refractivity contribution in [3.8, 4) is 0 Å². The van der Waals surface area contributed by atoms with Crippen LogP contribution in [0.5, 0.6) is 0 Å². The number of nitrogens with zero attached hydrogens (tertiary/aromatic N) is 4. The summed E-state index contributed by atoms with van der Waals surface area (Å²) in [5, 5.41) is 10.4. The maximum absolute atomic E-state index is 10.4. The first-order chi connectivity index (χ1) is 7.72. The topological polar surface area (TPSA) is 81.4 Å². The molecule has 0 saturated carbocycles. The molecule has 3 aliphatic heterocycles. The highest BCUT2D eigenvalue weighted by Crippen LogP contribution is 2.29. The second kappa shape index (κ2) is 3.38. The van der Waals surface area contributed by atoms with E-state index in [0.29, 0.717) is 5.95 Å². The van der Waals surface area contributed by atoms with Crippen LogP contribution in [0.25, 0.3) is 0 Å². The average Bonchev–Trinajstić information content (AvgIpc) is 2.28. The molecule has 4 rings (SSSR count). The number of hydrogen-bond donors (Lipinski definition) is 0. The van der Waals surface area contributed by atoms with Gasteiger partial charge in [-0.3, -0.25) is 10.1 Å². The van der Waals surface area contributed by atoms with E-state index in [2.05, 4.69) is 9.97 Å². The highest BCUT2D eigenvalue weighted by Gasteiger charge is 2.39. The molecular weight excluding hydrogens is 212 g/mol. The van der Waals surface area contributed by atoms with Gasteiger partial charge in [-0.25, -0.2) is 9.97 Å². The summed E-state index contributed by atoms with van der Waals surface area (Å²) in [5.74, 6) is 0.545. The van der Waals surface area contributed by atoms with Crippen LogP contribution in [-0.2, 0) is 4.74 Å². The van der Waals surface area contributed by atoms with E-state index in [0.717, 1.165) is 19.5 Å². The molecule has 3 aliphatic rings. The zero-order valence-corrected chi connectivity index (χ0v) is 8.44. The minimum Gasteiger partial charge on any atom is -0.371 e. The SMILES string of the molecule is O=[N+]([O-])c1cnc(N2CC3CC(C2)O3)nc1. The number of aromatic nitrogens is 2. The van der Waals surface area contributed by atoms with E-state index in [4.69, 9.17) is 4.74 Å². The van der Waals surface area contributed by atoms with Gasteiger partial charge in [-0.15, -0.1) is 0 Å². The molecule has 2 unspecified atom stereocenters. The van der Waals surface area contributed by atoms with Gasteiger partial charge >= 0.3 is 5.69 Å². The molecule has 1 aromatic rings. The number of ether oxygens (including phenoxy) is 1. The Balaban J connectivity index is 1.77. The van der Waals surface area contributed by atoms with Crippen LogP contribution in [0.2, 0.25) is 0 Å². The van der Waals surface area contributed by atoms with Crippen molar-refractivity contribution in [1.82, 2.24) is 9.97 Å². The standard InChI is InChI=1S/C9H10N4O3/c14-13(15)6-2-10-9(11-3-6)12-4-7-1-8(5-12)16-7/h2-3,7-8H,1,4-5H2. The monoisotopic (exact) mass is 222 g/mol. The van der Waals surface area contributed by atoms with Gasteiger partial charge in [0.25, 0.3) is 0 Å². The molecule has 3 saturated heterocycles. The van der Waals surface area contributed by atoms with Gasteiger partial charge < -0.3 is 9.64 Å². The van der Waals surface area contributed by atoms with Crippen LogP contribution in [0, 0.1) is 10.1 Å². The normalized spacial score (nSPS) is 27.4. The van der Waals surface area contributed by atoms with E-state index in [-0.39, 0.29) is 17.9 Å². The molecule has 0 amide bonds. The average molecular weight is 222 g/mol. The van der Waals surface area contributed by atoms with Gasteiger partial charge in [0.05, 0.1) is 17.1 Å². The zero-order valence-electron chi connectivity index (χ0n) is 8.44. The van der Waals surface area contributed by atoms with E-state index in [1.807, 2.05) is 4.90 Å². The van der Waals surface area contributed by atoms with E-state index in [1.54, 1.807) is 0 Å². The molecule has 4 heterocycles. The number of fused-ring (bicyclic) bond motifs is 2. The van der Waals surface area contributed by atoms with E-state index >= 15 is 0 Å². The summed E-state index contributed by atoms with van der Waals surface area (Å²) in [4.78, 5) is 19.9. The van der Waals surface area contributed by atoms with Gasteiger partial charge in [-0.05, 0) is 0 Å². The number of morpholine rings is 1. The molecule has 7 nitrogen and oxygen atoms in total. The first-order valence-corrected chi connectivity index (χ1v) is 5.09. The van der Waals surface area contributed by atoms with Crippen LogP contribution in [0.15, 0.2) is 12.4 Å². The highest BCUT2D eigenvalue weighted by atomic mass is 16.6. The lowest BCUT2D eigenvalue weighted by molar-refractivity contribution is -0.385. The van der Waals surface area contributed by atoms with Gasteiger partial charge in [-0.2, -0.15) is 0 Å². The van der Waals surface area contributed by atoms with Crippen molar-refractivity contribution < 1.29 is 9.66 Å². The lowest BCUT2D eigenvalue weighted by atomic mass is 9.99. The molecule has 2 bridgehead atoms. The number of hydrogen-bond acceptors (Lipinski definition) is 6. The maximum Gasteiger partial charge on any atom is 0.305 e. The molecular formula is C9H10N4O3. The highest BCUT2D eigenvalue weighted by molar-refractivity contribution is 5.35. The molecule has 2 atom stereocenters. The summed E-state index contributed by atoms with van der Waals surface area (Å²) in [6, 6.07) is 0. The number of anilines is 1. The molecule has 7 heteroatoms. The largest absolute Gasteiger partial charge is 0.371 e. The summed E-state index contributed by atoms with van der Waals surface area (Å²) < 4.78 is 5.48. The lowest BCUT2D eigenvalue weighted by Gasteiger charge is -2.46. The Kier molecular flexibility index (Phi) is 2.00. The summed E-state index contributed by atoms with van der Waals surface area (Å²) in [5.41, 5.74) is -0.0813. The molecule has 0 N–H and O–H groups in total. The molecule has 84 valence electrons. The smallest absolute Gasteiger partial charge is 0.305 e. The minimum absolute atomic E-state index is 0.0813. The van der Waals surface area contributed by atoms with Crippen molar-refractivity contribution in [2.24, 2.45) is 0 Å². The van der Waals surface area contributed by atoms with Gasteiger partial charge in [0.1, 0.15) is 12.4 Å². The third kappa shape index (κ3) is 1.49. The molecule has 0 radical (unpaired) electrons. The predicted molar refractivity (Wildman–Crippen MR) is 54.2 cm³/mol. The summed E-state index contributed by atoms with van der Waals surface area (Å²) >= 11 is 0. The molecule has 1 aromatic heterocycles. The van der Waals surface area contributed by atoms with Gasteiger partial charge in [0.15, 0.2) is 0 Å². The maximum atomic E-state index is 10.4. The predicted octanol–water partition coefficient (Wildman–Crippen LogP) is 0.362. The second-order valence-electron chi connectivity index (χ2n) is 4.02. The number of piperidine rings is 1. The van der Waals surface area contributed by atoms with Crippen LogP contribution in [0.1, 0.15) is 6.42 Å². The Morgan fingerprint density at radius 1 is 1.38 bits per heavy atom. The minimum atomic E-state index is -0.499. The van der Waals surface area contributed by atoms with Crippen LogP contribution in [-0.4, -0.2) is 40.2 Å². The van der Waals surface area contributed by atoms with Gasteiger partial charge in [0, 0.05) is 19.5 Å². The second-order valence-corrected chi connectivity index (χ2v) is 4.02. The van der Waals surface area contributed by atoms with E-state index in [9.17, 15) is 10.1 Å². The summed E-state index contributed by atoms with van der Waals surface area (Å²) in [7, 11) is 0. The van der Waals surface area contributed by atoms with Crippen molar-refractivity contribution in [2.75, 3.05) is 18.0 Å². The fourth-order valence-electron chi connectivity index (χ4n) is 2.09. The quantitative estimate of drug-likeness (QED) is 0.531. The fourth-order valence-corrected chi connectivity index (χ4v) is 2.09. The number of nitro groups is 1. The zero-order chi connectivity index (χ0) is 11.1. The molecule has 0 aromatic carbocycles. The van der Waals surface area contributed by atoms with E-state index in [1.165, 1.54) is 12.4 Å². The van der Waals surface area contributed by atoms with Crippen LogP contribution in [0.3, 0.4) is 0 Å². The van der Waals surface area contributed by atoms with Crippen molar-refractivity contribution in [3.63, 3.8) is 0 Å². The van der Waals surface area contributed by atoms with E-state index < -0.39 is 4.92 Å². The third-order valence-electron chi connectivity index (χ3n) is 2.88. The summed E-state index contributed by atoms with van der Waals surface area (Å²) in [6.07, 6.45) is 4.13.